The van der Waals surface area contributed by atoms with Crippen molar-refractivity contribution < 1.29 is 9.90 Å². The average Bonchev–Trinajstić information content (AvgIpc) is 2.26. The lowest BCUT2D eigenvalue weighted by atomic mass is 9.73. The van der Waals surface area contributed by atoms with Gasteiger partial charge in [0, 0.05) is 18.6 Å². The molecule has 0 aromatic rings. The van der Waals surface area contributed by atoms with Gasteiger partial charge in [-0.1, -0.05) is 13.8 Å². The predicted molar refractivity (Wildman–Crippen MR) is 69.7 cm³/mol. The van der Waals surface area contributed by atoms with Crippen LogP contribution in [0.3, 0.4) is 0 Å². The van der Waals surface area contributed by atoms with Gasteiger partial charge in [-0.15, -0.1) is 0 Å². The number of hydrogen-bond donors (Lipinski definition) is 2. The van der Waals surface area contributed by atoms with E-state index in [-0.39, 0.29) is 24.5 Å². The Balaban J connectivity index is 2.29. The zero-order valence-corrected chi connectivity index (χ0v) is 11.5. The van der Waals surface area contributed by atoms with Gasteiger partial charge in [0.25, 0.3) is 0 Å². The molecule has 1 atom stereocenters. The van der Waals surface area contributed by atoms with Crippen molar-refractivity contribution in [2.45, 2.75) is 65.3 Å². The number of carbonyl (C=O) groups excluding carboxylic acids is 1. The maximum absolute atomic E-state index is 12.0. The Morgan fingerprint density at radius 3 is 2.53 bits per heavy atom. The lowest BCUT2D eigenvalue weighted by Crippen LogP contribution is -2.39. The molecule has 1 unspecified atom stereocenters. The number of amides is 1. The third-order valence-corrected chi connectivity index (χ3v) is 3.89. The fourth-order valence-electron chi connectivity index (χ4n) is 2.49. The summed E-state index contributed by atoms with van der Waals surface area (Å²) in [5.74, 6) is 0.422. The Bertz CT molecular complexity index is 241. The van der Waals surface area contributed by atoms with E-state index >= 15 is 0 Å². The van der Waals surface area contributed by atoms with Gasteiger partial charge >= 0.3 is 0 Å². The first kappa shape index (κ1) is 14.5. The standard InChI is InChI=1S/C14H27NO2/c1-11(5-4-10-16)15-13(17)12-6-8-14(2,3)9-7-12/h11-12,16H,4-10H2,1-3H3,(H,15,17). The molecule has 17 heavy (non-hydrogen) atoms. The quantitative estimate of drug-likeness (QED) is 0.777. The van der Waals surface area contributed by atoms with Gasteiger partial charge in [-0.3, -0.25) is 4.79 Å². The molecular formula is C14H27NO2. The summed E-state index contributed by atoms with van der Waals surface area (Å²) in [4.78, 5) is 12.0. The summed E-state index contributed by atoms with van der Waals surface area (Å²) >= 11 is 0. The van der Waals surface area contributed by atoms with E-state index < -0.39 is 0 Å². The Morgan fingerprint density at radius 2 is 2.00 bits per heavy atom. The van der Waals surface area contributed by atoms with Crippen LogP contribution in [0.2, 0.25) is 0 Å². The van der Waals surface area contributed by atoms with Crippen LogP contribution < -0.4 is 5.32 Å². The minimum absolute atomic E-state index is 0.185. The van der Waals surface area contributed by atoms with Crippen LogP contribution in [-0.2, 0) is 4.79 Å². The molecule has 2 N–H and O–H groups in total. The Morgan fingerprint density at radius 1 is 1.41 bits per heavy atom. The Kier molecular flexibility index (Phi) is 5.44. The van der Waals surface area contributed by atoms with Gasteiger partial charge in [-0.2, -0.15) is 0 Å². The van der Waals surface area contributed by atoms with Crippen LogP contribution in [0, 0.1) is 11.3 Å². The minimum Gasteiger partial charge on any atom is -0.396 e. The van der Waals surface area contributed by atoms with Gasteiger partial charge in [-0.05, 0) is 50.9 Å². The van der Waals surface area contributed by atoms with Crippen LogP contribution in [0.1, 0.15) is 59.3 Å². The largest absolute Gasteiger partial charge is 0.396 e. The van der Waals surface area contributed by atoms with Crippen molar-refractivity contribution in [1.82, 2.24) is 5.32 Å². The summed E-state index contributed by atoms with van der Waals surface area (Å²) in [6.07, 6.45) is 5.96. The molecule has 0 radical (unpaired) electrons. The summed E-state index contributed by atoms with van der Waals surface area (Å²) in [6.45, 7) is 6.79. The maximum Gasteiger partial charge on any atom is 0.223 e. The third-order valence-electron chi connectivity index (χ3n) is 3.89. The molecule has 0 spiro atoms. The predicted octanol–water partition coefficient (Wildman–Crippen LogP) is 2.48. The molecular weight excluding hydrogens is 214 g/mol. The van der Waals surface area contributed by atoms with Crippen molar-refractivity contribution >= 4 is 5.91 Å². The first-order valence-corrected chi connectivity index (χ1v) is 6.86. The smallest absolute Gasteiger partial charge is 0.223 e. The molecule has 1 saturated carbocycles. The average molecular weight is 241 g/mol. The summed E-state index contributed by atoms with van der Waals surface area (Å²) in [6, 6.07) is 0.185. The molecule has 3 nitrogen and oxygen atoms in total. The van der Waals surface area contributed by atoms with Gasteiger partial charge in [0.1, 0.15) is 0 Å². The second-order valence-electron chi connectivity index (χ2n) is 6.21. The first-order valence-electron chi connectivity index (χ1n) is 6.86. The molecule has 0 aliphatic heterocycles. The highest BCUT2D eigenvalue weighted by atomic mass is 16.2. The monoisotopic (exact) mass is 241 g/mol. The maximum atomic E-state index is 12.0. The SMILES string of the molecule is CC(CCCO)NC(=O)C1CCC(C)(C)CC1. The lowest BCUT2D eigenvalue weighted by Gasteiger charge is -2.34. The molecule has 0 aromatic carbocycles. The highest BCUT2D eigenvalue weighted by Crippen LogP contribution is 2.37. The van der Waals surface area contributed by atoms with Crippen molar-refractivity contribution in [3.05, 3.63) is 0 Å². The number of aliphatic hydroxyl groups excluding tert-OH is 1. The van der Waals surface area contributed by atoms with Crippen LogP contribution in [-0.4, -0.2) is 23.7 Å². The van der Waals surface area contributed by atoms with Crippen molar-refractivity contribution in [2.24, 2.45) is 11.3 Å². The van der Waals surface area contributed by atoms with Crippen LogP contribution in [0.5, 0.6) is 0 Å². The number of carbonyl (C=O) groups is 1. The molecule has 0 heterocycles. The van der Waals surface area contributed by atoms with E-state index in [1.807, 2.05) is 6.92 Å². The molecule has 1 aliphatic carbocycles. The van der Waals surface area contributed by atoms with Crippen molar-refractivity contribution in [2.75, 3.05) is 6.61 Å². The molecule has 0 aromatic heterocycles. The van der Waals surface area contributed by atoms with Gasteiger partial charge in [0.2, 0.25) is 5.91 Å². The van der Waals surface area contributed by atoms with E-state index in [1.54, 1.807) is 0 Å². The van der Waals surface area contributed by atoms with Crippen LogP contribution in [0.25, 0.3) is 0 Å². The van der Waals surface area contributed by atoms with Crippen molar-refractivity contribution in [3.63, 3.8) is 0 Å². The highest BCUT2D eigenvalue weighted by molar-refractivity contribution is 5.79. The number of hydrogen-bond acceptors (Lipinski definition) is 2. The molecule has 100 valence electrons. The molecule has 1 aliphatic rings. The van der Waals surface area contributed by atoms with E-state index in [2.05, 4.69) is 19.2 Å². The van der Waals surface area contributed by atoms with Gasteiger partial charge < -0.3 is 10.4 Å². The fraction of sp³-hybridized carbons (Fsp3) is 0.929. The molecule has 0 bridgehead atoms. The summed E-state index contributed by atoms with van der Waals surface area (Å²) in [7, 11) is 0. The molecule has 0 saturated heterocycles. The van der Waals surface area contributed by atoms with Crippen molar-refractivity contribution in [3.8, 4) is 0 Å². The molecule has 3 heteroatoms. The normalized spacial score (nSPS) is 22.1. The second-order valence-corrected chi connectivity index (χ2v) is 6.21. The van der Waals surface area contributed by atoms with Crippen LogP contribution in [0.4, 0.5) is 0 Å². The molecule has 1 fully saturated rings. The third kappa shape index (κ3) is 5.07. The number of aliphatic hydroxyl groups is 1. The molecule has 1 amide bonds. The second kappa shape index (κ2) is 6.39. The van der Waals surface area contributed by atoms with E-state index in [1.165, 1.54) is 0 Å². The van der Waals surface area contributed by atoms with Gasteiger partial charge in [-0.25, -0.2) is 0 Å². The topological polar surface area (TPSA) is 49.3 Å². The first-order chi connectivity index (χ1) is 7.94. The van der Waals surface area contributed by atoms with E-state index in [9.17, 15) is 4.79 Å². The fourth-order valence-corrected chi connectivity index (χ4v) is 2.49. The minimum atomic E-state index is 0.185. The lowest BCUT2D eigenvalue weighted by molar-refractivity contribution is -0.127. The van der Waals surface area contributed by atoms with E-state index in [0.717, 1.165) is 38.5 Å². The Labute approximate surface area is 105 Å². The highest BCUT2D eigenvalue weighted by Gasteiger charge is 2.30. The van der Waals surface area contributed by atoms with Crippen LogP contribution in [0.15, 0.2) is 0 Å². The van der Waals surface area contributed by atoms with Crippen molar-refractivity contribution in [1.29, 1.82) is 0 Å². The Hall–Kier alpha value is -0.570. The summed E-state index contributed by atoms with van der Waals surface area (Å²) < 4.78 is 0. The van der Waals surface area contributed by atoms with E-state index in [4.69, 9.17) is 5.11 Å². The van der Waals surface area contributed by atoms with Gasteiger partial charge in [0.15, 0.2) is 0 Å². The zero-order chi connectivity index (χ0) is 12.9. The number of nitrogens with one attached hydrogen (secondary N) is 1. The zero-order valence-electron chi connectivity index (χ0n) is 11.5. The molecule has 1 rings (SSSR count). The van der Waals surface area contributed by atoms with Crippen LogP contribution >= 0.6 is 0 Å². The van der Waals surface area contributed by atoms with E-state index in [0.29, 0.717) is 5.41 Å². The summed E-state index contributed by atoms with van der Waals surface area (Å²) in [5.41, 5.74) is 0.416. The summed E-state index contributed by atoms with van der Waals surface area (Å²) in [5, 5.41) is 11.8. The number of rotatable bonds is 5. The van der Waals surface area contributed by atoms with Gasteiger partial charge in [0.05, 0.1) is 0 Å².